The maximum atomic E-state index is 5.43. The van der Waals surface area contributed by atoms with Gasteiger partial charge in [0.05, 0.1) is 24.5 Å². The number of benzene rings is 1. The summed E-state index contributed by atoms with van der Waals surface area (Å²) >= 11 is 0. The first-order chi connectivity index (χ1) is 11.3. The molecule has 0 bridgehead atoms. The molecule has 0 aliphatic rings. The Balaban J connectivity index is 1.71. The van der Waals surface area contributed by atoms with Gasteiger partial charge >= 0.3 is 0 Å². The molecule has 8 nitrogen and oxygen atoms in total. The number of nitrogens with zero attached hydrogens (tertiary/aromatic N) is 5. The smallest absolute Gasteiger partial charge is 0.144 e. The number of nitrogens with one attached hydrogen (secondary N) is 2. The van der Waals surface area contributed by atoms with Crippen LogP contribution >= 0.6 is 0 Å². The van der Waals surface area contributed by atoms with E-state index in [1.54, 1.807) is 25.8 Å². The first-order valence-electron chi connectivity index (χ1n) is 6.92. The number of ether oxygens (including phenoxy) is 1. The molecule has 0 radical (unpaired) electrons. The summed E-state index contributed by atoms with van der Waals surface area (Å²) < 4.78 is 7.24. The predicted molar refractivity (Wildman–Crippen MR) is 85.1 cm³/mol. The quantitative estimate of drug-likeness (QED) is 0.601. The summed E-state index contributed by atoms with van der Waals surface area (Å²) in [5, 5.41) is 11.2. The lowest BCUT2D eigenvalue weighted by molar-refractivity contribution is 0.417. The Kier molecular flexibility index (Phi) is 3.12. The number of imidazole rings is 1. The van der Waals surface area contributed by atoms with Gasteiger partial charge in [0.25, 0.3) is 0 Å². The zero-order chi connectivity index (χ0) is 15.6. The molecule has 0 spiro atoms. The fourth-order valence-electron chi connectivity index (χ4n) is 2.33. The van der Waals surface area contributed by atoms with Gasteiger partial charge < -0.3 is 10.1 Å². The van der Waals surface area contributed by atoms with Crippen LogP contribution in [0.4, 0.5) is 11.5 Å². The van der Waals surface area contributed by atoms with Gasteiger partial charge in [-0.15, -0.1) is 0 Å². The van der Waals surface area contributed by atoms with Gasteiger partial charge in [-0.05, 0) is 6.07 Å². The molecule has 0 saturated carbocycles. The second kappa shape index (κ2) is 5.41. The molecule has 4 rings (SSSR count). The Bertz CT molecular complexity index is 946. The lowest BCUT2D eigenvalue weighted by Crippen LogP contribution is -2.00. The highest BCUT2D eigenvalue weighted by molar-refractivity contribution is 5.86. The van der Waals surface area contributed by atoms with Crippen LogP contribution in [0.5, 0.6) is 5.75 Å². The minimum atomic E-state index is 0.657. The lowest BCUT2D eigenvalue weighted by Gasteiger charge is -2.11. The van der Waals surface area contributed by atoms with Crippen molar-refractivity contribution in [3.63, 3.8) is 0 Å². The minimum Gasteiger partial charge on any atom is -0.494 e. The molecule has 0 saturated heterocycles. The highest BCUT2D eigenvalue weighted by Crippen LogP contribution is 2.31. The van der Waals surface area contributed by atoms with E-state index in [2.05, 4.69) is 30.5 Å². The van der Waals surface area contributed by atoms with E-state index in [-0.39, 0.29) is 0 Å². The Morgan fingerprint density at radius 3 is 3.00 bits per heavy atom. The van der Waals surface area contributed by atoms with Crippen LogP contribution in [0, 0.1) is 0 Å². The van der Waals surface area contributed by atoms with Crippen LogP contribution in [0.2, 0.25) is 0 Å². The fraction of sp³-hybridized carbons (Fsp3) is 0.0667. The molecule has 23 heavy (non-hydrogen) atoms. The van der Waals surface area contributed by atoms with E-state index < -0.39 is 0 Å². The highest BCUT2D eigenvalue weighted by Gasteiger charge is 2.09. The van der Waals surface area contributed by atoms with Crippen LogP contribution in [0.15, 0.2) is 49.4 Å². The van der Waals surface area contributed by atoms with Crippen molar-refractivity contribution in [1.82, 2.24) is 29.7 Å². The van der Waals surface area contributed by atoms with E-state index in [0.717, 1.165) is 22.4 Å². The molecule has 0 fully saturated rings. The molecular formula is C15H13N7O. The predicted octanol–water partition coefficient (Wildman–Crippen LogP) is 2.29. The van der Waals surface area contributed by atoms with Gasteiger partial charge in [-0.1, -0.05) is 0 Å². The van der Waals surface area contributed by atoms with Gasteiger partial charge in [-0.2, -0.15) is 5.10 Å². The first kappa shape index (κ1) is 13.3. The average Bonchev–Trinajstić information content (AvgIpc) is 3.25. The van der Waals surface area contributed by atoms with Crippen molar-refractivity contribution in [1.29, 1.82) is 0 Å². The Morgan fingerprint density at radius 2 is 2.17 bits per heavy atom. The number of aromatic nitrogens is 6. The van der Waals surface area contributed by atoms with Crippen molar-refractivity contribution >= 4 is 22.4 Å². The fourth-order valence-corrected chi connectivity index (χ4v) is 2.33. The van der Waals surface area contributed by atoms with E-state index in [4.69, 9.17) is 4.74 Å². The molecule has 0 aliphatic carbocycles. The summed E-state index contributed by atoms with van der Waals surface area (Å²) in [7, 11) is 1.62. The van der Waals surface area contributed by atoms with Crippen LogP contribution in [-0.2, 0) is 0 Å². The van der Waals surface area contributed by atoms with Gasteiger partial charge in [-0.25, -0.2) is 15.0 Å². The van der Waals surface area contributed by atoms with Crippen molar-refractivity contribution in [3.8, 4) is 11.6 Å². The molecule has 0 aliphatic heterocycles. The van der Waals surface area contributed by atoms with Crippen LogP contribution in [0.1, 0.15) is 0 Å². The van der Waals surface area contributed by atoms with Crippen molar-refractivity contribution in [2.75, 3.05) is 12.4 Å². The van der Waals surface area contributed by atoms with E-state index in [1.165, 1.54) is 6.33 Å². The average molecular weight is 307 g/mol. The monoisotopic (exact) mass is 307 g/mol. The molecule has 0 unspecified atom stereocenters. The second-order valence-corrected chi connectivity index (χ2v) is 4.87. The van der Waals surface area contributed by atoms with E-state index >= 15 is 0 Å². The molecule has 4 aromatic rings. The number of rotatable bonds is 4. The summed E-state index contributed by atoms with van der Waals surface area (Å²) in [5.41, 5.74) is 1.71. The summed E-state index contributed by atoms with van der Waals surface area (Å²) in [6, 6.07) is 5.68. The third-order valence-corrected chi connectivity index (χ3v) is 3.44. The number of aromatic amines is 1. The van der Waals surface area contributed by atoms with Gasteiger partial charge in [0, 0.05) is 29.9 Å². The minimum absolute atomic E-state index is 0.657. The summed E-state index contributed by atoms with van der Waals surface area (Å²) in [6.07, 6.45) is 8.47. The third-order valence-electron chi connectivity index (χ3n) is 3.44. The van der Waals surface area contributed by atoms with Gasteiger partial charge in [0.2, 0.25) is 0 Å². The first-order valence-corrected chi connectivity index (χ1v) is 6.92. The lowest BCUT2D eigenvalue weighted by atomic mass is 10.2. The van der Waals surface area contributed by atoms with E-state index in [0.29, 0.717) is 11.6 Å². The number of hydrogen-bond donors (Lipinski definition) is 2. The summed E-state index contributed by atoms with van der Waals surface area (Å²) in [5.74, 6) is 2.08. The molecule has 3 aromatic heterocycles. The molecule has 114 valence electrons. The van der Waals surface area contributed by atoms with Crippen molar-refractivity contribution in [3.05, 3.63) is 49.4 Å². The SMILES string of the molecule is COc1cc2[nH]ncc2cc1Nc1cc(-n2ccnc2)ncn1. The summed E-state index contributed by atoms with van der Waals surface area (Å²) in [6.45, 7) is 0. The Morgan fingerprint density at radius 1 is 1.22 bits per heavy atom. The zero-order valence-electron chi connectivity index (χ0n) is 12.3. The highest BCUT2D eigenvalue weighted by atomic mass is 16.5. The summed E-state index contributed by atoms with van der Waals surface area (Å²) in [4.78, 5) is 12.5. The molecule has 2 N–H and O–H groups in total. The van der Waals surface area contributed by atoms with Crippen LogP contribution in [-0.4, -0.2) is 36.8 Å². The van der Waals surface area contributed by atoms with Crippen molar-refractivity contribution in [2.24, 2.45) is 0 Å². The number of fused-ring (bicyclic) bond motifs is 1. The van der Waals surface area contributed by atoms with Gasteiger partial charge in [0.15, 0.2) is 0 Å². The number of H-pyrrole nitrogens is 1. The van der Waals surface area contributed by atoms with Gasteiger partial charge in [-0.3, -0.25) is 9.67 Å². The molecule has 1 aromatic carbocycles. The molecule has 3 heterocycles. The molecular weight excluding hydrogens is 294 g/mol. The third kappa shape index (κ3) is 2.46. The van der Waals surface area contributed by atoms with E-state index in [9.17, 15) is 0 Å². The normalized spacial score (nSPS) is 10.8. The van der Waals surface area contributed by atoms with Crippen LogP contribution < -0.4 is 10.1 Å². The van der Waals surface area contributed by atoms with Crippen LogP contribution in [0.25, 0.3) is 16.7 Å². The van der Waals surface area contributed by atoms with Crippen molar-refractivity contribution in [2.45, 2.75) is 0 Å². The maximum Gasteiger partial charge on any atom is 0.144 e. The van der Waals surface area contributed by atoms with Crippen LogP contribution in [0.3, 0.4) is 0 Å². The maximum absolute atomic E-state index is 5.43. The molecule has 0 atom stereocenters. The Hall–Kier alpha value is -3.42. The number of methoxy groups -OCH3 is 1. The largest absolute Gasteiger partial charge is 0.494 e. The van der Waals surface area contributed by atoms with Crippen molar-refractivity contribution < 1.29 is 4.74 Å². The second-order valence-electron chi connectivity index (χ2n) is 4.87. The molecule has 8 heteroatoms. The molecule has 0 amide bonds. The number of hydrogen-bond acceptors (Lipinski definition) is 6. The number of anilines is 2. The van der Waals surface area contributed by atoms with Gasteiger partial charge in [0.1, 0.15) is 30.0 Å². The standard InChI is InChI=1S/C15H13N7O/c1-23-13-5-11-10(7-19-21-11)4-12(13)20-14-6-15(18-8-17-14)22-3-2-16-9-22/h2-9H,1H3,(H,19,21)(H,17,18,20). The Labute approximate surface area is 131 Å². The topological polar surface area (TPSA) is 93.5 Å². The zero-order valence-corrected chi connectivity index (χ0v) is 12.3. The van der Waals surface area contributed by atoms with E-state index in [1.807, 2.05) is 29.0 Å².